The van der Waals surface area contributed by atoms with Crippen molar-refractivity contribution in [3.8, 4) is 39.2 Å². The predicted molar refractivity (Wildman–Crippen MR) is 241 cm³/mol. The Bertz CT molecular complexity index is 3160. The van der Waals surface area contributed by atoms with Crippen molar-refractivity contribution in [3.05, 3.63) is 217 Å². The monoisotopic (exact) mass is 727 g/mol. The lowest BCUT2D eigenvalue weighted by Crippen LogP contribution is -2.15. The van der Waals surface area contributed by atoms with Gasteiger partial charge in [0.05, 0.1) is 28.3 Å². The van der Waals surface area contributed by atoms with Gasteiger partial charge in [0.25, 0.3) is 0 Å². The zero-order valence-corrected chi connectivity index (χ0v) is 31.3. The molecule has 3 nitrogen and oxygen atoms in total. The van der Waals surface area contributed by atoms with Gasteiger partial charge < -0.3 is 4.57 Å². The molecule has 0 spiro atoms. The molecule has 268 valence electrons. The molecule has 9 aromatic carbocycles. The van der Waals surface area contributed by atoms with E-state index in [0.717, 1.165) is 34.7 Å². The second-order valence-corrected chi connectivity index (χ2v) is 14.8. The third kappa shape index (κ3) is 5.63. The van der Waals surface area contributed by atoms with Crippen molar-refractivity contribution in [1.29, 1.82) is 0 Å². The Balaban J connectivity index is 1.01. The Kier molecular flexibility index (Phi) is 7.89. The molecule has 0 fully saturated rings. The molecule has 1 aliphatic rings. The summed E-state index contributed by atoms with van der Waals surface area (Å²) in [6, 6.07) is 74.4. The number of nitrogens with zero attached hydrogens (tertiary/aromatic N) is 3. The van der Waals surface area contributed by atoms with Gasteiger partial charge in [-0.15, -0.1) is 0 Å². The Morgan fingerprint density at radius 3 is 1.95 bits per heavy atom. The van der Waals surface area contributed by atoms with Gasteiger partial charge in [0.15, 0.2) is 0 Å². The highest BCUT2D eigenvalue weighted by molar-refractivity contribution is 6.15. The SMILES string of the molecule is C(=N\c1ccccc1Cc1ccc(-c2cccc3ccccc23)cc1)/N1c2ccccc2-c2c(n(-c3ccc4ccccc4c3)c3ccccc23)-c2ccccc21. The number of para-hydroxylation sites is 4. The second-order valence-electron chi connectivity index (χ2n) is 14.8. The lowest BCUT2D eigenvalue weighted by Gasteiger charge is -2.23. The van der Waals surface area contributed by atoms with Crippen LogP contribution in [0.1, 0.15) is 11.1 Å². The number of hydrogen-bond donors (Lipinski definition) is 0. The van der Waals surface area contributed by atoms with Gasteiger partial charge in [0.2, 0.25) is 0 Å². The fraction of sp³-hybridized carbons (Fsp3) is 0.0185. The smallest absolute Gasteiger partial charge is 0.100 e. The van der Waals surface area contributed by atoms with E-state index in [1.807, 2.05) is 6.34 Å². The zero-order valence-electron chi connectivity index (χ0n) is 31.3. The van der Waals surface area contributed by atoms with E-state index in [0.29, 0.717) is 0 Å². The summed E-state index contributed by atoms with van der Waals surface area (Å²) in [4.78, 5) is 7.56. The molecule has 3 heteroatoms. The van der Waals surface area contributed by atoms with Crippen LogP contribution < -0.4 is 4.90 Å². The number of aromatic nitrogens is 1. The van der Waals surface area contributed by atoms with E-state index in [1.54, 1.807) is 0 Å². The van der Waals surface area contributed by atoms with Crippen molar-refractivity contribution < 1.29 is 0 Å². The summed E-state index contributed by atoms with van der Waals surface area (Å²) in [7, 11) is 0. The van der Waals surface area contributed by atoms with Gasteiger partial charge >= 0.3 is 0 Å². The van der Waals surface area contributed by atoms with Crippen LogP contribution in [0.5, 0.6) is 0 Å². The van der Waals surface area contributed by atoms with Gasteiger partial charge in [-0.25, -0.2) is 4.99 Å². The molecule has 10 aromatic rings. The Morgan fingerprint density at radius 2 is 1.09 bits per heavy atom. The summed E-state index contributed by atoms with van der Waals surface area (Å²) in [5.41, 5.74) is 15.1. The third-order valence-corrected chi connectivity index (χ3v) is 11.5. The molecule has 0 saturated carbocycles. The van der Waals surface area contributed by atoms with E-state index < -0.39 is 0 Å². The van der Waals surface area contributed by atoms with E-state index in [-0.39, 0.29) is 0 Å². The third-order valence-electron chi connectivity index (χ3n) is 11.5. The lowest BCUT2D eigenvalue weighted by atomic mass is 9.96. The summed E-state index contributed by atoms with van der Waals surface area (Å²) >= 11 is 0. The molecule has 11 rings (SSSR count). The van der Waals surface area contributed by atoms with Gasteiger partial charge in [-0.05, 0) is 86.6 Å². The molecule has 57 heavy (non-hydrogen) atoms. The maximum Gasteiger partial charge on any atom is 0.100 e. The van der Waals surface area contributed by atoms with Crippen LogP contribution in [0.2, 0.25) is 0 Å². The van der Waals surface area contributed by atoms with Crippen molar-refractivity contribution in [2.45, 2.75) is 6.42 Å². The van der Waals surface area contributed by atoms with Gasteiger partial charge in [-0.1, -0.05) is 170 Å². The first-order valence-corrected chi connectivity index (χ1v) is 19.6. The fourth-order valence-corrected chi connectivity index (χ4v) is 8.79. The molecule has 0 bridgehead atoms. The van der Waals surface area contributed by atoms with Crippen LogP contribution in [0.25, 0.3) is 71.6 Å². The average Bonchev–Trinajstić information content (AvgIpc) is 3.56. The minimum atomic E-state index is 0.782. The standard InChI is InChI=1S/C54H37N3/c1-2-16-41-35-43(33-32-38(41)14-1)57-52-27-12-7-21-47(52)53-46-20-6-10-25-50(46)56(51-26-11-8-22-48(51)54(53)57)36-55-49-24-9-4-17-42(49)34-37-28-30-40(31-29-37)45-23-13-18-39-15-3-5-19-44(39)45/h1-33,35-36H,34H2/b55-36+. The van der Waals surface area contributed by atoms with E-state index in [9.17, 15) is 0 Å². The maximum atomic E-state index is 5.28. The molecule has 1 aromatic heterocycles. The molecule has 0 aliphatic carbocycles. The number of rotatable bonds is 6. The molecule has 0 saturated heterocycles. The summed E-state index contributed by atoms with van der Waals surface area (Å²) < 4.78 is 2.45. The normalized spacial score (nSPS) is 12.2. The van der Waals surface area contributed by atoms with Crippen LogP contribution in [-0.2, 0) is 6.42 Å². The molecule has 0 unspecified atom stereocenters. The predicted octanol–water partition coefficient (Wildman–Crippen LogP) is 14.3. The van der Waals surface area contributed by atoms with Gasteiger partial charge in [-0.2, -0.15) is 0 Å². The summed E-state index contributed by atoms with van der Waals surface area (Å²) in [6.45, 7) is 0. The molecule has 1 aliphatic heterocycles. The summed E-state index contributed by atoms with van der Waals surface area (Å²) in [5, 5.41) is 6.20. The molecule has 0 amide bonds. The summed E-state index contributed by atoms with van der Waals surface area (Å²) in [6.07, 6.45) is 2.80. The minimum absolute atomic E-state index is 0.782. The topological polar surface area (TPSA) is 20.5 Å². The van der Waals surface area contributed by atoms with Crippen LogP contribution in [0.4, 0.5) is 17.1 Å². The number of anilines is 2. The molecule has 0 radical (unpaired) electrons. The highest BCUT2D eigenvalue weighted by atomic mass is 15.2. The maximum absolute atomic E-state index is 5.28. The first-order valence-electron chi connectivity index (χ1n) is 19.6. The minimum Gasteiger partial charge on any atom is -0.309 e. The fourth-order valence-electron chi connectivity index (χ4n) is 8.79. The average molecular weight is 728 g/mol. The van der Waals surface area contributed by atoms with E-state index in [2.05, 4.69) is 216 Å². The number of fused-ring (bicyclic) bond motifs is 9. The Hall–Kier alpha value is -7.49. The van der Waals surface area contributed by atoms with Gasteiger partial charge in [0, 0.05) is 27.8 Å². The van der Waals surface area contributed by atoms with Crippen molar-refractivity contribution in [3.63, 3.8) is 0 Å². The van der Waals surface area contributed by atoms with Crippen molar-refractivity contribution in [1.82, 2.24) is 4.57 Å². The van der Waals surface area contributed by atoms with E-state index in [4.69, 9.17) is 4.99 Å². The number of hydrogen-bond acceptors (Lipinski definition) is 1. The quantitative estimate of drug-likeness (QED) is 0.123. The van der Waals surface area contributed by atoms with Crippen LogP contribution in [0.15, 0.2) is 211 Å². The molecular formula is C54H37N3. The van der Waals surface area contributed by atoms with Crippen molar-refractivity contribution in [2.24, 2.45) is 4.99 Å². The zero-order chi connectivity index (χ0) is 37.7. The van der Waals surface area contributed by atoms with Crippen LogP contribution in [-0.4, -0.2) is 10.9 Å². The molecule has 2 heterocycles. The van der Waals surface area contributed by atoms with Crippen molar-refractivity contribution >= 4 is 55.8 Å². The molecule has 0 atom stereocenters. The van der Waals surface area contributed by atoms with Crippen LogP contribution in [0.3, 0.4) is 0 Å². The van der Waals surface area contributed by atoms with Gasteiger partial charge in [-0.3, -0.25) is 4.90 Å². The molecular weight excluding hydrogens is 691 g/mol. The highest BCUT2D eigenvalue weighted by Crippen LogP contribution is 2.52. The number of aliphatic imine (C=N–C) groups is 1. The number of benzene rings is 9. The summed E-state index contributed by atoms with van der Waals surface area (Å²) in [5.74, 6) is 0. The van der Waals surface area contributed by atoms with E-state index >= 15 is 0 Å². The van der Waals surface area contributed by atoms with E-state index in [1.165, 1.54) is 71.5 Å². The van der Waals surface area contributed by atoms with Crippen LogP contribution >= 0.6 is 0 Å². The van der Waals surface area contributed by atoms with Crippen molar-refractivity contribution in [2.75, 3.05) is 4.90 Å². The first-order chi connectivity index (χ1) is 28.3. The highest BCUT2D eigenvalue weighted by Gasteiger charge is 2.30. The molecule has 0 N–H and O–H groups in total. The second kappa shape index (κ2) is 13.7. The van der Waals surface area contributed by atoms with Gasteiger partial charge in [0.1, 0.15) is 6.34 Å². The lowest BCUT2D eigenvalue weighted by molar-refractivity contribution is 1.14. The Morgan fingerprint density at radius 1 is 0.456 bits per heavy atom. The van der Waals surface area contributed by atoms with Crippen LogP contribution in [0, 0.1) is 0 Å². The Labute approximate surface area is 332 Å². The largest absolute Gasteiger partial charge is 0.309 e. The first kappa shape index (κ1) is 32.9.